The Labute approximate surface area is 148 Å². The SMILES string of the molecule is COC(=O)c1c(F)cc(OCCNC(=O)OCc2ccccc2)cc1F. The van der Waals surface area contributed by atoms with Crippen LogP contribution in [0, 0.1) is 11.6 Å². The molecule has 2 aromatic rings. The van der Waals surface area contributed by atoms with E-state index in [4.69, 9.17) is 9.47 Å². The molecule has 2 aromatic carbocycles. The molecule has 0 aromatic heterocycles. The van der Waals surface area contributed by atoms with Gasteiger partial charge in [-0.05, 0) is 5.56 Å². The average Bonchev–Trinajstić information content (AvgIpc) is 2.63. The number of benzene rings is 2. The van der Waals surface area contributed by atoms with Crippen molar-refractivity contribution in [2.24, 2.45) is 0 Å². The summed E-state index contributed by atoms with van der Waals surface area (Å²) in [7, 11) is 1.02. The van der Waals surface area contributed by atoms with Gasteiger partial charge in [0.25, 0.3) is 0 Å². The number of halogens is 2. The summed E-state index contributed by atoms with van der Waals surface area (Å²) in [6.45, 7) is 0.144. The lowest BCUT2D eigenvalue weighted by Crippen LogP contribution is -2.28. The van der Waals surface area contributed by atoms with Crippen LogP contribution in [0.15, 0.2) is 42.5 Å². The highest BCUT2D eigenvalue weighted by molar-refractivity contribution is 5.90. The van der Waals surface area contributed by atoms with E-state index in [9.17, 15) is 18.4 Å². The van der Waals surface area contributed by atoms with Crippen LogP contribution < -0.4 is 10.1 Å². The van der Waals surface area contributed by atoms with Crippen LogP contribution in [0.5, 0.6) is 5.75 Å². The van der Waals surface area contributed by atoms with E-state index < -0.39 is 29.3 Å². The van der Waals surface area contributed by atoms with Crippen molar-refractivity contribution in [3.05, 3.63) is 65.2 Å². The molecule has 0 fully saturated rings. The minimum absolute atomic E-state index is 0.0448. The smallest absolute Gasteiger partial charge is 0.407 e. The van der Waals surface area contributed by atoms with E-state index in [0.717, 1.165) is 24.8 Å². The quantitative estimate of drug-likeness (QED) is 0.603. The van der Waals surface area contributed by atoms with Crippen LogP contribution in [0.4, 0.5) is 13.6 Å². The Morgan fingerprint density at radius 3 is 2.35 bits per heavy atom. The van der Waals surface area contributed by atoms with Crippen molar-refractivity contribution in [1.82, 2.24) is 5.32 Å². The molecular formula is C18H17F2NO5. The van der Waals surface area contributed by atoms with Gasteiger partial charge in [0.1, 0.15) is 36.2 Å². The third-order valence-electron chi connectivity index (χ3n) is 3.26. The van der Waals surface area contributed by atoms with E-state index in [1.54, 1.807) is 0 Å². The maximum absolute atomic E-state index is 13.7. The summed E-state index contributed by atoms with van der Waals surface area (Å²) in [6.07, 6.45) is -0.643. The van der Waals surface area contributed by atoms with Gasteiger partial charge in [0.05, 0.1) is 13.7 Å². The van der Waals surface area contributed by atoms with E-state index in [1.807, 2.05) is 30.3 Å². The molecule has 0 unspecified atom stereocenters. The molecule has 8 heteroatoms. The summed E-state index contributed by atoms with van der Waals surface area (Å²) < 4.78 is 41.9. The number of carbonyl (C=O) groups is 2. The third-order valence-corrected chi connectivity index (χ3v) is 3.26. The molecule has 0 bridgehead atoms. The molecule has 26 heavy (non-hydrogen) atoms. The molecular weight excluding hydrogens is 348 g/mol. The van der Waals surface area contributed by atoms with Crippen molar-refractivity contribution in [3.8, 4) is 5.75 Å². The van der Waals surface area contributed by atoms with E-state index in [1.165, 1.54) is 0 Å². The normalized spacial score (nSPS) is 10.1. The number of nitrogens with one attached hydrogen (secondary N) is 1. The second-order valence-corrected chi connectivity index (χ2v) is 5.09. The summed E-state index contributed by atoms with van der Waals surface area (Å²) in [5.74, 6) is -3.43. The molecule has 0 saturated heterocycles. The summed E-state index contributed by atoms with van der Waals surface area (Å²) in [5, 5.41) is 2.44. The van der Waals surface area contributed by atoms with Crippen LogP contribution in [-0.4, -0.2) is 32.3 Å². The summed E-state index contributed by atoms with van der Waals surface area (Å²) in [6, 6.07) is 10.9. The second kappa shape index (κ2) is 9.36. The number of ether oxygens (including phenoxy) is 3. The molecule has 0 radical (unpaired) electrons. The molecule has 2 rings (SSSR count). The largest absolute Gasteiger partial charge is 0.492 e. The fraction of sp³-hybridized carbons (Fsp3) is 0.222. The first kappa shape index (κ1) is 19.2. The zero-order valence-electron chi connectivity index (χ0n) is 14.0. The first-order valence-corrected chi connectivity index (χ1v) is 7.66. The molecule has 0 saturated carbocycles. The highest BCUT2D eigenvalue weighted by Gasteiger charge is 2.19. The number of esters is 1. The van der Waals surface area contributed by atoms with Crippen molar-refractivity contribution in [1.29, 1.82) is 0 Å². The summed E-state index contributed by atoms with van der Waals surface area (Å²) >= 11 is 0. The number of hydrogen-bond donors (Lipinski definition) is 1. The first-order valence-electron chi connectivity index (χ1n) is 7.66. The minimum Gasteiger partial charge on any atom is -0.492 e. The first-order chi connectivity index (χ1) is 12.5. The molecule has 0 aliphatic heterocycles. The van der Waals surface area contributed by atoms with Crippen LogP contribution in [0.1, 0.15) is 15.9 Å². The maximum atomic E-state index is 13.7. The minimum atomic E-state index is -1.12. The number of alkyl carbamates (subject to hydrolysis) is 1. The van der Waals surface area contributed by atoms with Gasteiger partial charge in [-0.1, -0.05) is 30.3 Å². The third kappa shape index (κ3) is 5.44. The number of methoxy groups -OCH3 is 1. The van der Waals surface area contributed by atoms with Gasteiger partial charge >= 0.3 is 12.1 Å². The van der Waals surface area contributed by atoms with Gasteiger partial charge in [-0.15, -0.1) is 0 Å². The Morgan fingerprint density at radius 1 is 1.08 bits per heavy atom. The van der Waals surface area contributed by atoms with Crippen LogP contribution >= 0.6 is 0 Å². The van der Waals surface area contributed by atoms with Crippen LogP contribution in [-0.2, 0) is 16.1 Å². The Hall–Kier alpha value is -3.16. The van der Waals surface area contributed by atoms with Gasteiger partial charge in [-0.3, -0.25) is 0 Å². The molecule has 138 valence electrons. The van der Waals surface area contributed by atoms with Gasteiger partial charge in [-0.2, -0.15) is 0 Å². The fourth-order valence-electron chi connectivity index (χ4n) is 2.03. The van der Waals surface area contributed by atoms with Gasteiger partial charge in [0.15, 0.2) is 0 Å². The standard InChI is InChI=1S/C18H17F2NO5/c1-24-17(22)16-14(19)9-13(10-15(16)20)25-8-7-21-18(23)26-11-12-5-3-2-4-6-12/h2-6,9-10H,7-8,11H2,1H3,(H,21,23). The predicted molar refractivity (Wildman–Crippen MR) is 87.8 cm³/mol. The monoisotopic (exact) mass is 365 g/mol. The molecule has 1 N–H and O–H groups in total. The number of carbonyl (C=O) groups excluding carboxylic acids is 2. The van der Waals surface area contributed by atoms with E-state index in [-0.39, 0.29) is 25.5 Å². The number of hydrogen-bond acceptors (Lipinski definition) is 5. The van der Waals surface area contributed by atoms with Crippen molar-refractivity contribution in [2.45, 2.75) is 6.61 Å². The van der Waals surface area contributed by atoms with Gasteiger partial charge in [0.2, 0.25) is 0 Å². The van der Waals surface area contributed by atoms with Crippen molar-refractivity contribution in [2.75, 3.05) is 20.3 Å². The Morgan fingerprint density at radius 2 is 1.73 bits per heavy atom. The predicted octanol–water partition coefficient (Wildman–Crippen LogP) is 3.06. The molecule has 6 nitrogen and oxygen atoms in total. The molecule has 0 aliphatic rings. The molecule has 0 aliphatic carbocycles. The van der Waals surface area contributed by atoms with E-state index >= 15 is 0 Å². The van der Waals surface area contributed by atoms with Gasteiger partial charge in [-0.25, -0.2) is 18.4 Å². The zero-order valence-corrected chi connectivity index (χ0v) is 14.0. The molecule has 0 spiro atoms. The van der Waals surface area contributed by atoms with E-state index in [2.05, 4.69) is 10.1 Å². The molecule has 0 atom stereocenters. The summed E-state index contributed by atoms with van der Waals surface area (Å²) in [4.78, 5) is 22.8. The van der Waals surface area contributed by atoms with Crippen molar-refractivity contribution in [3.63, 3.8) is 0 Å². The van der Waals surface area contributed by atoms with Gasteiger partial charge < -0.3 is 19.5 Å². The van der Waals surface area contributed by atoms with Crippen molar-refractivity contribution < 1.29 is 32.6 Å². The Bertz CT molecular complexity index is 744. The Balaban J connectivity index is 1.76. The number of amides is 1. The lowest BCUT2D eigenvalue weighted by atomic mass is 10.2. The van der Waals surface area contributed by atoms with Crippen LogP contribution in [0.25, 0.3) is 0 Å². The maximum Gasteiger partial charge on any atom is 0.407 e. The molecule has 0 heterocycles. The van der Waals surface area contributed by atoms with Gasteiger partial charge in [0, 0.05) is 12.1 Å². The highest BCUT2D eigenvalue weighted by atomic mass is 19.1. The summed E-state index contributed by atoms with van der Waals surface area (Å²) in [5.41, 5.74) is 0.0537. The highest BCUT2D eigenvalue weighted by Crippen LogP contribution is 2.21. The lowest BCUT2D eigenvalue weighted by molar-refractivity contribution is 0.0589. The molecule has 1 amide bonds. The Kier molecular flexibility index (Phi) is 6.90. The lowest BCUT2D eigenvalue weighted by Gasteiger charge is -2.10. The average molecular weight is 365 g/mol. The second-order valence-electron chi connectivity index (χ2n) is 5.09. The topological polar surface area (TPSA) is 73.9 Å². The van der Waals surface area contributed by atoms with Crippen molar-refractivity contribution >= 4 is 12.1 Å². The van der Waals surface area contributed by atoms with Crippen LogP contribution in [0.2, 0.25) is 0 Å². The van der Waals surface area contributed by atoms with E-state index in [0.29, 0.717) is 0 Å². The van der Waals surface area contributed by atoms with Crippen LogP contribution in [0.3, 0.4) is 0 Å². The number of rotatable bonds is 7. The fourth-order valence-corrected chi connectivity index (χ4v) is 2.03. The zero-order chi connectivity index (χ0) is 18.9.